The van der Waals surface area contributed by atoms with E-state index in [9.17, 15) is 8.78 Å². The normalized spacial score (nSPS) is 11.5. The summed E-state index contributed by atoms with van der Waals surface area (Å²) in [5.41, 5.74) is 2.06. The zero-order chi connectivity index (χ0) is 19.3. The zero-order valence-electron chi connectivity index (χ0n) is 14.7. The Hall–Kier alpha value is -1.97. The second-order valence-corrected chi connectivity index (χ2v) is 9.15. The molecular formula is C19H16F2N4S3. The van der Waals surface area contributed by atoms with Crippen LogP contribution < -0.4 is 0 Å². The van der Waals surface area contributed by atoms with Gasteiger partial charge in [0.1, 0.15) is 5.82 Å². The number of thioether (sulfide) groups is 2. The van der Waals surface area contributed by atoms with E-state index in [0.29, 0.717) is 17.5 Å². The van der Waals surface area contributed by atoms with E-state index in [1.54, 1.807) is 23.1 Å². The van der Waals surface area contributed by atoms with E-state index in [1.165, 1.54) is 0 Å². The van der Waals surface area contributed by atoms with Crippen LogP contribution in [0.25, 0.3) is 10.2 Å². The van der Waals surface area contributed by atoms with Crippen molar-refractivity contribution in [3.8, 4) is 0 Å². The molecule has 0 spiro atoms. The Morgan fingerprint density at radius 3 is 2.54 bits per heavy atom. The molecule has 2 heterocycles. The second kappa shape index (κ2) is 9.02. The highest BCUT2D eigenvalue weighted by Crippen LogP contribution is 2.32. The van der Waals surface area contributed by atoms with Crippen molar-refractivity contribution in [3.63, 3.8) is 0 Å². The quantitative estimate of drug-likeness (QED) is 0.339. The second-order valence-electron chi connectivity index (χ2n) is 5.91. The number of thiazole rings is 1. The molecular weight excluding hydrogens is 418 g/mol. The lowest BCUT2D eigenvalue weighted by Crippen LogP contribution is -2.07. The molecule has 0 saturated heterocycles. The largest absolute Gasteiger partial charge is 0.301 e. The Bertz CT molecular complexity index is 1020. The van der Waals surface area contributed by atoms with Crippen molar-refractivity contribution >= 4 is 45.1 Å². The molecule has 0 aliphatic carbocycles. The summed E-state index contributed by atoms with van der Waals surface area (Å²) in [5, 5.41) is 8.93. The molecule has 0 aliphatic heterocycles. The van der Waals surface area contributed by atoms with Gasteiger partial charge in [0.05, 0.1) is 28.3 Å². The first-order valence-corrected chi connectivity index (χ1v) is 11.3. The van der Waals surface area contributed by atoms with E-state index in [1.807, 2.05) is 59.2 Å². The van der Waals surface area contributed by atoms with Gasteiger partial charge < -0.3 is 4.57 Å². The van der Waals surface area contributed by atoms with Gasteiger partial charge in [-0.15, -0.1) is 21.5 Å². The van der Waals surface area contributed by atoms with Crippen LogP contribution in [0.4, 0.5) is 8.78 Å². The minimum atomic E-state index is -2.38. The zero-order valence-corrected chi connectivity index (χ0v) is 17.1. The van der Waals surface area contributed by atoms with Crippen LogP contribution in [0.2, 0.25) is 0 Å². The van der Waals surface area contributed by atoms with Crippen molar-refractivity contribution < 1.29 is 8.78 Å². The van der Waals surface area contributed by atoms with E-state index in [4.69, 9.17) is 0 Å². The van der Waals surface area contributed by atoms with Gasteiger partial charge in [0.2, 0.25) is 6.43 Å². The lowest BCUT2D eigenvalue weighted by Gasteiger charge is -2.10. The predicted molar refractivity (Wildman–Crippen MR) is 111 cm³/mol. The van der Waals surface area contributed by atoms with Gasteiger partial charge in [-0.2, -0.15) is 0 Å². The van der Waals surface area contributed by atoms with Crippen molar-refractivity contribution in [1.29, 1.82) is 0 Å². The number of aromatic nitrogens is 4. The number of alkyl halides is 2. The van der Waals surface area contributed by atoms with E-state index in [2.05, 4.69) is 15.2 Å². The fourth-order valence-corrected chi connectivity index (χ4v) is 5.34. The van der Waals surface area contributed by atoms with Crippen LogP contribution in [0.1, 0.15) is 11.4 Å². The molecule has 28 heavy (non-hydrogen) atoms. The molecule has 0 aliphatic rings. The van der Waals surface area contributed by atoms with Crippen LogP contribution in [-0.4, -0.2) is 31.9 Å². The number of para-hydroxylation sites is 1. The number of fused-ring (bicyclic) bond motifs is 1. The molecule has 4 rings (SSSR count). The molecule has 2 aromatic heterocycles. The molecule has 0 N–H and O–H groups in total. The van der Waals surface area contributed by atoms with Gasteiger partial charge in [-0.05, 0) is 17.7 Å². The Kier molecular flexibility index (Phi) is 6.23. The van der Waals surface area contributed by atoms with Crippen LogP contribution in [0.3, 0.4) is 0 Å². The molecule has 0 atom stereocenters. The van der Waals surface area contributed by atoms with Gasteiger partial charge in [0, 0.05) is 0 Å². The third kappa shape index (κ3) is 4.71. The number of benzene rings is 2. The predicted octanol–water partition coefficient (Wildman–Crippen LogP) is 5.59. The molecule has 0 fully saturated rings. The van der Waals surface area contributed by atoms with E-state index in [-0.39, 0.29) is 5.75 Å². The minimum absolute atomic E-state index is 0.294. The lowest BCUT2D eigenvalue weighted by molar-refractivity contribution is 0.176. The molecule has 0 unspecified atom stereocenters. The van der Waals surface area contributed by atoms with Crippen LogP contribution in [-0.2, 0) is 12.3 Å². The fraction of sp³-hybridized carbons (Fsp3) is 0.211. The SMILES string of the molecule is FC(F)CSc1nnc(CSc2nc3ccccc3s2)n1Cc1ccccc1. The lowest BCUT2D eigenvalue weighted by atomic mass is 10.2. The fourth-order valence-electron chi connectivity index (χ4n) is 2.63. The smallest absolute Gasteiger partial charge is 0.248 e. The number of halogens is 2. The maximum Gasteiger partial charge on any atom is 0.248 e. The molecule has 9 heteroatoms. The highest BCUT2D eigenvalue weighted by Gasteiger charge is 2.16. The van der Waals surface area contributed by atoms with Crippen molar-refractivity contribution in [3.05, 3.63) is 66.0 Å². The molecule has 0 bridgehead atoms. The third-order valence-corrected chi connectivity index (χ3v) is 7.07. The summed E-state index contributed by atoms with van der Waals surface area (Å²) in [5.74, 6) is 1.04. The molecule has 0 radical (unpaired) electrons. The average molecular weight is 435 g/mol. The van der Waals surface area contributed by atoms with Crippen molar-refractivity contribution in [2.45, 2.75) is 28.2 Å². The van der Waals surface area contributed by atoms with Crippen molar-refractivity contribution in [2.24, 2.45) is 0 Å². The first kappa shape index (κ1) is 19.4. The number of hydrogen-bond donors (Lipinski definition) is 0. The van der Waals surface area contributed by atoms with Gasteiger partial charge in [-0.1, -0.05) is 66.0 Å². The minimum Gasteiger partial charge on any atom is -0.301 e. The molecule has 0 saturated carbocycles. The monoisotopic (exact) mass is 434 g/mol. The Labute approximate surface area is 173 Å². The summed E-state index contributed by atoms with van der Waals surface area (Å²) in [4.78, 5) is 4.63. The first-order valence-electron chi connectivity index (χ1n) is 8.54. The molecule has 144 valence electrons. The van der Waals surface area contributed by atoms with E-state index in [0.717, 1.165) is 37.7 Å². The molecule has 0 amide bonds. The summed E-state index contributed by atoms with van der Waals surface area (Å²) >= 11 is 4.26. The third-order valence-electron chi connectivity index (χ3n) is 3.91. The Morgan fingerprint density at radius 1 is 0.964 bits per heavy atom. The Balaban J connectivity index is 1.54. The van der Waals surface area contributed by atoms with E-state index < -0.39 is 6.43 Å². The average Bonchev–Trinajstić information content (AvgIpc) is 3.29. The van der Waals surface area contributed by atoms with Crippen LogP contribution in [0.5, 0.6) is 0 Å². The van der Waals surface area contributed by atoms with Crippen LogP contribution >= 0.6 is 34.9 Å². The molecule has 4 aromatic rings. The van der Waals surface area contributed by atoms with Gasteiger partial charge >= 0.3 is 0 Å². The summed E-state index contributed by atoms with van der Waals surface area (Å²) in [6.45, 7) is 0.551. The summed E-state index contributed by atoms with van der Waals surface area (Å²) < 4.78 is 29.4. The summed E-state index contributed by atoms with van der Waals surface area (Å²) in [7, 11) is 0. The maximum atomic E-state index is 12.7. The topological polar surface area (TPSA) is 43.6 Å². The number of rotatable bonds is 8. The highest BCUT2D eigenvalue weighted by atomic mass is 32.2. The molecule has 4 nitrogen and oxygen atoms in total. The number of nitrogens with zero attached hydrogens (tertiary/aromatic N) is 4. The Morgan fingerprint density at radius 2 is 1.75 bits per heavy atom. The summed E-state index contributed by atoms with van der Waals surface area (Å²) in [6.07, 6.45) is -2.38. The van der Waals surface area contributed by atoms with Gasteiger partial charge in [-0.25, -0.2) is 13.8 Å². The summed E-state index contributed by atoms with van der Waals surface area (Å²) in [6, 6.07) is 17.9. The van der Waals surface area contributed by atoms with Gasteiger partial charge in [0.25, 0.3) is 0 Å². The van der Waals surface area contributed by atoms with Crippen LogP contribution in [0, 0.1) is 0 Å². The van der Waals surface area contributed by atoms with Gasteiger partial charge in [-0.3, -0.25) is 0 Å². The van der Waals surface area contributed by atoms with Crippen molar-refractivity contribution in [1.82, 2.24) is 19.7 Å². The van der Waals surface area contributed by atoms with Crippen molar-refractivity contribution in [2.75, 3.05) is 5.75 Å². The maximum absolute atomic E-state index is 12.7. The number of hydrogen-bond acceptors (Lipinski definition) is 6. The van der Waals surface area contributed by atoms with E-state index >= 15 is 0 Å². The highest BCUT2D eigenvalue weighted by molar-refractivity contribution is 8.00. The van der Waals surface area contributed by atoms with Crippen LogP contribution in [0.15, 0.2) is 64.1 Å². The first-order chi connectivity index (χ1) is 13.7. The standard InChI is InChI=1S/C19H16F2N4S3/c20-16(21)11-26-18-24-23-17(25(18)10-13-6-2-1-3-7-13)12-27-19-22-14-8-4-5-9-15(14)28-19/h1-9,16H,10-12H2. The molecule has 2 aromatic carbocycles. The van der Waals surface area contributed by atoms with Gasteiger partial charge in [0.15, 0.2) is 9.50 Å².